The summed E-state index contributed by atoms with van der Waals surface area (Å²) in [7, 11) is 1.95. The molecule has 0 aromatic heterocycles. The molecule has 0 aliphatic carbocycles. The number of nitrogens with two attached hydrogens (primary N) is 1. The summed E-state index contributed by atoms with van der Waals surface area (Å²) >= 11 is 0. The number of rotatable bonds is 4. The Morgan fingerprint density at radius 2 is 1.89 bits per heavy atom. The van der Waals surface area contributed by atoms with Gasteiger partial charge in [-0.05, 0) is 55.3 Å². The number of benzene rings is 2. The predicted octanol–water partition coefficient (Wildman–Crippen LogP) is 3.40. The molecule has 0 fully saturated rings. The van der Waals surface area contributed by atoms with E-state index in [4.69, 9.17) is 5.73 Å². The van der Waals surface area contributed by atoms with E-state index < -0.39 is 0 Å². The van der Waals surface area contributed by atoms with Crippen molar-refractivity contribution in [1.29, 1.82) is 0 Å². The third kappa shape index (κ3) is 3.12. The van der Waals surface area contributed by atoms with Crippen LogP contribution in [0.1, 0.15) is 11.1 Å². The second-order valence-electron chi connectivity index (χ2n) is 4.70. The van der Waals surface area contributed by atoms with Gasteiger partial charge in [0.1, 0.15) is 5.82 Å². The topological polar surface area (TPSA) is 29.3 Å². The van der Waals surface area contributed by atoms with Gasteiger partial charge in [0.15, 0.2) is 0 Å². The predicted molar refractivity (Wildman–Crippen MR) is 78.4 cm³/mol. The van der Waals surface area contributed by atoms with Crippen LogP contribution in [0.15, 0.2) is 42.5 Å². The van der Waals surface area contributed by atoms with Crippen LogP contribution in [0.4, 0.5) is 15.8 Å². The lowest BCUT2D eigenvalue weighted by Crippen LogP contribution is -2.12. The molecule has 2 aromatic rings. The lowest BCUT2D eigenvalue weighted by molar-refractivity contribution is 0.625. The van der Waals surface area contributed by atoms with Crippen LogP contribution in [0.5, 0.6) is 0 Å². The fourth-order valence-electron chi connectivity index (χ4n) is 2.22. The Kier molecular flexibility index (Phi) is 4.17. The highest BCUT2D eigenvalue weighted by atomic mass is 19.1. The van der Waals surface area contributed by atoms with E-state index in [9.17, 15) is 4.39 Å². The Morgan fingerprint density at radius 1 is 1.16 bits per heavy atom. The van der Waals surface area contributed by atoms with E-state index >= 15 is 0 Å². The van der Waals surface area contributed by atoms with Gasteiger partial charge in [0, 0.05) is 18.4 Å². The van der Waals surface area contributed by atoms with Crippen LogP contribution in [0.2, 0.25) is 0 Å². The molecule has 2 rings (SSSR count). The molecule has 0 spiro atoms. The average molecular weight is 258 g/mol. The summed E-state index contributed by atoms with van der Waals surface area (Å²) < 4.78 is 13.7. The lowest BCUT2D eigenvalue weighted by Gasteiger charge is -2.22. The number of nitrogens with zero attached hydrogens (tertiary/aromatic N) is 1. The van der Waals surface area contributed by atoms with E-state index in [0.717, 1.165) is 22.5 Å². The summed E-state index contributed by atoms with van der Waals surface area (Å²) in [6, 6.07) is 13.1. The highest BCUT2D eigenvalue weighted by Gasteiger charge is 2.09. The summed E-state index contributed by atoms with van der Waals surface area (Å²) in [4.78, 5) is 2.00. The molecule has 0 radical (unpaired) electrons. The van der Waals surface area contributed by atoms with Crippen molar-refractivity contribution in [2.45, 2.75) is 13.3 Å². The fourth-order valence-corrected chi connectivity index (χ4v) is 2.22. The minimum atomic E-state index is -0.221. The minimum absolute atomic E-state index is 0.221. The molecule has 0 atom stereocenters. The molecule has 2 aromatic carbocycles. The Bertz CT molecular complexity index is 566. The van der Waals surface area contributed by atoms with E-state index in [1.54, 1.807) is 12.1 Å². The van der Waals surface area contributed by atoms with Crippen molar-refractivity contribution in [2.24, 2.45) is 5.73 Å². The van der Waals surface area contributed by atoms with Crippen LogP contribution < -0.4 is 10.6 Å². The van der Waals surface area contributed by atoms with Gasteiger partial charge >= 0.3 is 0 Å². The first kappa shape index (κ1) is 13.6. The van der Waals surface area contributed by atoms with Crippen molar-refractivity contribution in [3.63, 3.8) is 0 Å². The zero-order valence-corrected chi connectivity index (χ0v) is 11.4. The van der Waals surface area contributed by atoms with E-state index in [0.29, 0.717) is 13.0 Å². The summed E-state index contributed by atoms with van der Waals surface area (Å²) in [6.45, 7) is 2.57. The van der Waals surface area contributed by atoms with E-state index in [1.807, 2.05) is 49.2 Å². The summed E-state index contributed by atoms with van der Waals surface area (Å²) in [5.41, 5.74) is 9.55. The number of hydrogen-bond donors (Lipinski definition) is 1. The molecule has 0 amide bonds. The van der Waals surface area contributed by atoms with Crippen LogP contribution in [0.25, 0.3) is 0 Å². The van der Waals surface area contributed by atoms with Gasteiger partial charge in [0.25, 0.3) is 0 Å². The molecule has 19 heavy (non-hydrogen) atoms. The van der Waals surface area contributed by atoms with Crippen molar-refractivity contribution >= 4 is 11.4 Å². The Labute approximate surface area is 113 Å². The smallest absolute Gasteiger partial charge is 0.125 e. The molecule has 0 saturated carbocycles. The maximum absolute atomic E-state index is 13.7. The SMILES string of the molecule is Cc1ccccc1N(C)c1cc(F)cc(CCN)c1. The monoisotopic (exact) mass is 258 g/mol. The minimum Gasteiger partial charge on any atom is -0.344 e. The standard InChI is InChI=1S/C16H19FN2/c1-12-5-3-4-6-16(12)19(2)15-10-13(7-8-18)9-14(17)11-15/h3-6,9-11H,7-8,18H2,1-2H3. The van der Waals surface area contributed by atoms with Crippen molar-refractivity contribution in [3.8, 4) is 0 Å². The normalized spacial score (nSPS) is 10.5. The maximum Gasteiger partial charge on any atom is 0.125 e. The van der Waals surface area contributed by atoms with E-state index in [-0.39, 0.29) is 5.82 Å². The maximum atomic E-state index is 13.7. The summed E-state index contributed by atoms with van der Waals surface area (Å²) in [5, 5.41) is 0. The van der Waals surface area contributed by atoms with Crippen LogP contribution in [-0.4, -0.2) is 13.6 Å². The molecular formula is C16H19FN2. The van der Waals surface area contributed by atoms with Crippen LogP contribution >= 0.6 is 0 Å². The van der Waals surface area contributed by atoms with Crippen LogP contribution in [0.3, 0.4) is 0 Å². The number of halogens is 1. The van der Waals surface area contributed by atoms with Gasteiger partial charge in [-0.1, -0.05) is 18.2 Å². The van der Waals surface area contributed by atoms with Gasteiger partial charge in [-0.25, -0.2) is 4.39 Å². The third-order valence-electron chi connectivity index (χ3n) is 3.24. The van der Waals surface area contributed by atoms with Crippen molar-refractivity contribution in [2.75, 3.05) is 18.5 Å². The summed E-state index contributed by atoms with van der Waals surface area (Å²) in [5.74, 6) is -0.221. The van der Waals surface area contributed by atoms with Crippen molar-refractivity contribution in [1.82, 2.24) is 0 Å². The zero-order chi connectivity index (χ0) is 13.8. The van der Waals surface area contributed by atoms with Crippen LogP contribution in [0, 0.1) is 12.7 Å². The second kappa shape index (κ2) is 5.85. The first-order valence-corrected chi connectivity index (χ1v) is 6.40. The van der Waals surface area contributed by atoms with Crippen LogP contribution in [-0.2, 0) is 6.42 Å². The molecule has 2 nitrogen and oxygen atoms in total. The molecule has 0 unspecified atom stereocenters. The highest BCUT2D eigenvalue weighted by molar-refractivity contribution is 5.66. The van der Waals surface area contributed by atoms with Crippen molar-refractivity contribution in [3.05, 3.63) is 59.4 Å². The first-order valence-electron chi connectivity index (χ1n) is 6.40. The third-order valence-corrected chi connectivity index (χ3v) is 3.24. The molecule has 0 heterocycles. The number of aryl methyl sites for hydroxylation is 1. The molecule has 0 saturated heterocycles. The van der Waals surface area contributed by atoms with Gasteiger partial charge in [-0.3, -0.25) is 0 Å². The quantitative estimate of drug-likeness (QED) is 0.910. The second-order valence-corrected chi connectivity index (χ2v) is 4.70. The van der Waals surface area contributed by atoms with Gasteiger partial charge in [-0.15, -0.1) is 0 Å². The molecule has 100 valence electrons. The largest absolute Gasteiger partial charge is 0.344 e. The number of hydrogen-bond acceptors (Lipinski definition) is 2. The fraction of sp³-hybridized carbons (Fsp3) is 0.250. The highest BCUT2D eigenvalue weighted by Crippen LogP contribution is 2.27. The van der Waals surface area contributed by atoms with Gasteiger partial charge < -0.3 is 10.6 Å². The van der Waals surface area contributed by atoms with Crippen molar-refractivity contribution < 1.29 is 4.39 Å². The molecule has 0 bridgehead atoms. The average Bonchev–Trinajstić information content (AvgIpc) is 2.38. The zero-order valence-electron chi connectivity index (χ0n) is 11.4. The lowest BCUT2D eigenvalue weighted by atomic mass is 10.1. The van der Waals surface area contributed by atoms with E-state index in [2.05, 4.69) is 0 Å². The number of para-hydroxylation sites is 1. The van der Waals surface area contributed by atoms with Gasteiger partial charge in [0.05, 0.1) is 0 Å². The summed E-state index contributed by atoms with van der Waals surface area (Å²) in [6.07, 6.45) is 0.687. The molecular weight excluding hydrogens is 239 g/mol. The Balaban J connectivity index is 2.38. The van der Waals surface area contributed by atoms with E-state index in [1.165, 1.54) is 0 Å². The molecule has 0 aliphatic rings. The first-order chi connectivity index (χ1) is 9.11. The van der Waals surface area contributed by atoms with Gasteiger partial charge in [-0.2, -0.15) is 0 Å². The molecule has 0 aliphatic heterocycles. The molecule has 3 heteroatoms. The Hall–Kier alpha value is -1.87. The Morgan fingerprint density at radius 3 is 2.58 bits per heavy atom. The number of anilines is 2. The van der Waals surface area contributed by atoms with Gasteiger partial charge in [0.2, 0.25) is 0 Å². The molecule has 2 N–H and O–H groups in total.